The van der Waals surface area contributed by atoms with Gasteiger partial charge in [-0.1, -0.05) is 62.4 Å². The van der Waals surface area contributed by atoms with Crippen LogP contribution in [-0.2, 0) is 14.3 Å². The van der Waals surface area contributed by atoms with Crippen molar-refractivity contribution in [2.75, 3.05) is 6.61 Å². The zero-order chi connectivity index (χ0) is 22.8. The second-order valence-electron chi connectivity index (χ2n) is 8.85. The van der Waals surface area contributed by atoms with E-state index in [2.05, 4.69) is 22.8 Å². The van der Waals surface area contributed by atoms with Crippen LogP contribution in [0.4, 0.5) is 4.79 Å². The molecule has 0 aliphatic heterocycles. The maximum atomic E-state index is 12.7. The number of ether oxygens (including phenoxy) is 1. The molecule has 2 aromatic rings. The molecular weight excluding hydrogens is 408 g/mol. The zero-order valence-electron chi connectivity index (χ0n) is 18.2. The topological polar surface area (TPSA) is 105 Å². The molecule has 1 saturated carbocycles. The second-order valence-corrected chi connectivity index (χ2v) is 8.85. The monoisotopic (exact) mass is 436 g/mol. The molecule has 2 aliphatic rings. The number of carboxylic acids is 1. The normalized spacial score (nSPS) is 16.6. The number of carboxylic acid groups (broad SMARTS) is 1. The number of hydrogen-bond acceptors (Lipinski definition) is 4. The minimum atomic E-state index is -1.05. The molecule has 0 aromatic heterocycles. The van der Waals surface area contributed by atoms with Crippen LogP contribution < -0.4 is 10.6 Å². The molecule has 2 amide bonds. The van der Waals surface area contributed by atoms with Crippen LogP contribution in [0.15, 0.2) is 48.5 Å². The lowest BCUT2D eigenvalue weighted by Gasteiger charge is -2.24. The van der Waals surface area contributed by atoms with Crippen LogP contribution in [0.2, 0.25) is 0 Å². The van der Waals surface area contributed by atoms with E-state index in [1.54, 1.807) is 13.8 Å². The van der Waals surface area contributed by atoms with Crippen LogP contribution in [0.3, 0.4) is 0 Å². The fourth-order valence-corrected chi connectivity index (χ4v) is 4.36. The summed E-state index contributed by atoms with van der Waals surface area (Å²) >= 11 is 0. The SMILES string of the molecule is CC(C)[C@@H](NC(=O)OCC1c2ccccc2-c2ccccc21)C(=O)NC(C(=O)O)C1CC1. The maximum Gasteiger partial charge on any atom is 0.407 e. The lowest BCUT2D eigenvalue weighted by Crippen LogP contribution is -2.54. The molecule has 4 rings (SSSR count). The van der Waals surface area contributed by atoms with Gasteiger partial charge in [-0.05, 0) is 46.9 Å². The lowest BCUT2D eigenvalue weighted by molar-refractivity contribution is -0.142. The van der Waals surface area contributed by atoms with Gasteiger partial charge in [-0.2, -0.15) is 0 Å². The van der Waals surface area contributed by atoms with Gasteiger partial charge in [0.15, 0.2) is 0 Å². The van der Waals surface area contributed by atoms with E-state index >= 15 is 0 Å². The van der Waals surface area contributed by atoms with Gasteiger partial charge in [0.25, 0.3) is 0 Å². The summed E-state index contributed by atoms with van der Waals surface area (Å²) in [5, 5.41) is 14.6. The fourth-order valence-electron chi connectivity index (χ4n) is 4.36. The van der Waals surface area contributed by atoms with E-state index in [9.17, 15) is 19.5 Å². The predicted octanol–water partition coefficient (Wildman–Crippen LogP) is 3.53. The van der Waals surface area contributed by atoms with Crippen LogP contribution in [0, 0.1) is 11.8 Å². The number of amides is 2. The van der Waals surface area contributed by atoms with Gasteiger partial charge >= 0.3 is 12.1 Å². The number of carbonyl (C=O) groups excluding carboxylic acids is 2. The number of rotatable bonds is 8. The number of hydrogen-bond donors (Lipinski definition) is 3. The molecule has 0 radical (unpaired) electrons. The van der Waals surface area contributed by atoms with Gasteiger partial charge < -0.3 is 20.5 Å². The summed E-state index contributed by atoms with van der Waals surface area (Å²) in [6.07, 6.45) is 0.867. The molecule has 2 aromatic carbocycles. The molecule has 7 heteroatoms. The van der Waals surface area contributed by atoms with Gasteiger partial charge in [0.2, 0.25) is 5.91 Å². The number of benzene rings is 2. The first kappa shape index (κ1) is 21.9. The zero-order valence-corrected chi connectivity index (χ0v) is 18.2. The minimum absolute atomic E-state index is 0.0429. The Labute approximate surface area is 187 Å². The summed E-state index contributed by atoms with van der Waals surface area (Å²) in [5.74, 6) is -1.91. The van der Waals surface area contributed by atoms with Crippen LogP contribution in [0.1, 0.15) is 43.7 Å². The van der Waals surface area contributed by atoms with Gasteiger partial charge in [-0.3, -0.25) is 4.79 Å². The van der Waals surface area contributed by atoms with Crippen molar-refractivity contribution in [3.63, 3.8) is 0 Å². The number of alkyl carbamates (subject to hydrolysis) is 1. The first-order valence-corrected chi connectivity index (χ1v) is 11.0. The quantitative estimate of drug-likeness (QED) is 0.587. The van der Waals surface area contributed by atoms with E-state index in [4.69, 9.17) is 4.74 Å². The Morgan fingerprint density at radius 2 is 1.53 bits per heavy atom. The molecule has 7 nitrogen and oxygen atoms in total. The third-order valence-corrected chi connectivity index (χ3v) is 6.22. The van der Waals surface area contributed by atoms with E-state index in [-0.39, 0.29) is 24.4 Å². The van der Waals surface area contributed by atoms with E-state index in [0.29, 0.717) is 0 Å². The number of fused-ring (bicyclic) bond motifs is 3. The largest absolute Gasteiger partial charge is 0.480 e. The molecule has 0 bridgehead atoms. The highest BCUT2D eigenvalue weighted by Crippen LogP contribution is 2.44. The highest BCUT2D eigenvalue weighted by molar-refractivity contribution is 5.89. The van der Waals surface area contributed by atoms with Crippen molar-refractivity contribution in [2.45, 2.75) is 44.7 Å². The Bertz CT molecular complexity index is 985. The summed E-state index contributed by atoms with van der Waals surface area (Å²) in [6.45, 7) is 3.73. The summed E-state index contributed by atoms with van der Waals surface area (Å²) in [6, 6.07) is 14.3. The molecule has 1 fully saturated rings. The number of carbonyl (C=O) groups is 3. The Kier molecular flexibility index (Phi) is 6.17. The van der Waals surface area contributed by atoms with E-state index in [1.807, 2.05) is 36.4 Å². The van der Waals surface area contributed by atoms with Crippen LogP contribution in [-0.4, -0.2) is 41.8 Å². The average molecular weight is 437 g/mol. The Hall–Kier alpha value is -3.35. The molecule has 168 valence electrons. The Balaban J connectivity index is 1.40. The summed E-state index contributed by atoms with van der Waals surface area (Å²) < 4.78 is 5.54. The highest BCUT2D eigenvalue weighted by Gasteiger charge is 2.39. The predicted molar refractivity (Wildman–Crippen MR) is 119 cm³/mol. The third kappa shape index (κ3) is 4.47. The lowest BCUT2D eigenvalue weighted by atomic mass is 9.98. The van der Waals surface area contributed by atoms with Crippen molar-refractivity contribution >= 4 is 18.0 Å². The van der Waals surface area contributed by atoms with Gasteiger partial charge in [0, 0.05) is 5.92 Å². The fraction of sp³-hybridized carbons (Fsp3) is 0.400. The molecule has 32 heavy (non-hydrogen) atoms. The van der Waals surface area contributed by atoms with Crippen LogP contribution in [0.5, 0.6) is 0 Å². The van der Waals surface area contributed by atoms with Crippen LogP contribution in [0.25, 0.3) is 11.1 Å². The van der Waals surface area contributed by atoms with Gasteiger partial charge in [0.05, 0.1) is 0 Å². The molecular formula is C25H28N2O5. The number of aliphatic carboxylic acids is 1. The van der Waals surface area contributed by atoms with Gasteiger partial charge in [-0.25, -0.2) is 9.59 Å². The molecule has 3 N–H and O–H groups in total. The van der Waals surface area contributed by atoms with Crippen molar-refractivity contribution in [2.24, 2.45) is 11.8 Å². The molecule has 0 spiro atoms. The maximum absolute atomic E-state index is 12.7. The first-order valence-electron chi connectivity index (χ1n) is 11.0. The first-order chi connectivity index (χ1) is 15.4. The van der Waals surface area contributed by atoms with Crippen LogP contribution >= 0.6 is 0 Å². The second kappa shape index (κ2) is 9.02. The molecule has 2 atom stereocenters. The van der Waals surface area contributed by atoms with Gasteiger partial charge in [-0.15, -0.1) is 0 Å². The van der Waals surface area contributed by atoms with Crippen molar-refractivity contribution in [3.05, 3.63) is 59.7 Å². The van der Waals surface area contributed by atoms with E-state index in [0.717, 1.165) is 35.1 Å². The Morgan fingerprint density at radius 3 is 2.03 bits per heavy atom. The average Bonchev–Trinajstić information content (AvgIpc) is 3.56. The molecule has 0 heterocycles. The summed E-state index contributed by atoms with van der Waals surface area (Å²) in [7, 11) is 0. The summed E-state index contributed by atoms with van der Waals surface area (Å²) in [4.78, 5) is 36.7. The standard InChI is InChI=1S/C25H28N2O5/c1-14(2)21(23(28)26-22(24(29)30)15-11-12-15)27-25(31)32-13-20-18-9-5-3-7-16(18)17-8-4-6-10-19(17)20/h3-10,14-15,20-22H,11-13H2,1-2H3,(H,26,28)(H,27,31)(H,29,30)/t21-,22?/m1/s1. The minimum Gasteiger partial charge on any atom is -0.480 e. The van der Waals surface area contributed by atoms with E-state index < -0.39 is 30.1 Å². The molecule has 0 saturated heterocycles. The summed E-state index contributed by atoms with van der Waals surface area (Å²) in [5.41, 5.74) is 4.48. The Morgan fingerprint density at radius 1 is 0.969 bits per heavy atom. The van der Waals surface area contributed by atoms with Crippen molar-refractivity contribution in [1.82, 2.24) is 10.6 Å². The van der Waals surface area contributed by atoms with Gasteiger partial charge in [0.1, 0.15) is 18.7 Å². The highest BCUT2D eigenvalue weighted by atomic mass is 16.5. The molecule has 2 aliphatic carbocycles. The van der Waals surface area contributed by atoms with E-state index in [1.165, 1.54) is 0 Å². The molecule has 1 unspecified atom stereocenters. The third-order valence-electron chi connectivity index (χ3n) is 6.22. The number of nitrogens with one attached hydrogen (secondary N) is 2. The smallest absolute Gasteiger partial charge is 0.407 e. The van der Waals surface area contributed by atoms with Crippen molar-refractivity contribution in [3.8, 4) is 11.1 Å². The van der Waals surface area contributed by atoms with Crippen molar-refractivity contribution in [1.29, 1.82) is 0 Å². The van der Waals surface area contributed by atoms with Crippen molar-refractivity contribution < 1.29 is 24.2 Å².